The van der Waals surface area contributed by atoms with Crippen LogP contribution in [-0.2, 0) is 0 Å². The molecule has 14 heavy (non-hydrogen) atoms. The number of rotatable bonds is 2. The Morgan fingerprint density at radius 1 is 1.21 bits per heavy atom. The van der Waals surface area contributed by atoms with Crippen molar-refractivity contribution in [3.8, 4) is 12.1 Å². The molecule has 4 heteroatoms. The molecule has 4 nitrogen and oxygen atoms in total. The van der Waals surface area contributed by atoms with Crippen molar-refractivity contribution in [3.63, 3.8) is 0 Å². The molecule has 74 valence electrons. The Balaban J connectivity index is 2.75. The number of hydrogen-bond acceptors (Lipinski definition) is 4. The topological polar surface area (TPSA) is 54.1 Å². The van der Waals surface area contributed by atoms with Gasteiger partial charge in [-0.2, -0.15) is 10.5 Å². The summed E-state index contributed by atoms with van der Waals surface area (Å²) in [5.41, 5.74) is 0. The minimum atomic E-state index is 0.120. The van der Waals surface area contributed by atoms with Crippen LogP contribution in [0.1, 0.15) is 13.8 Å². The first-order chi connectivity index (χ1) is 6.70. The molecule has 0 radical (unpaired) electrons. The first-order valence-corrected chi connectivity index (χ1v) is 4.64. The maximum absolute atomic E-state index is 8.67. The lowest BCUT2D eigenvalue weighted by Crippen LogP contribution is -2.51. The van der Waals surface area contributed by atoms with Crippen LogP contribution < -0.4 is 0 Å². The van der Waals surface area contributed by atoms with Crippen molar-refractivity contribution in [1.29, 1.82) is 10.5 Å². The van der Waals surface area contributed by atoms with Crippen molar-refractivity contribution in [2.75, 3.05) is 13.1 Å². The Morgan fingerprint density at radius 2 is 1.86 bits per heavy atom. The van der Waals surface area contributed by atoms with Gasteiger partial charge in [-0.25, -0.2) is 0 Å². The van der Waals surface area contributed by atoms with E-state index in [9.17, 15) is 0 Å². The summed E-state index contributed by atoms with van der Waals surface area (Å²) >= 11 is 0. The maximum Gasteiger partial charge on any atom is 0.106 e. The van der Waals surface area contributed by atoms with Crippen molar-refractivity contribution in [1.82, 2.24) is 9.80 Å². The van der Waals surface area contributed by atoms with Crippen molar-refractivity contribution in [2.24, 2.45) is 0 Å². The third kappa shape index (κ3) is 2.04. The molecular formula is C10H14N4. The molecule has 0 saturated carbocycles. The van der Waals surface area contributed by atoms with E-state index in [0.29, 0.717) is 13.1 Å². The summed E-state index contributed by atoms with van der Waals surface area (Å²) in [6.07, 6.45) is 4.07. The van der Waals surface area contributed by atoms with Gasteiger partial charge < -0.3 is 4.90 Å². The third-order valence-corrected chi connectivity index (χ3v) is 2.55. The van der Waals surface area contributed by atoms with E-state index < -0.39 is 0 Å². The third-order valence-electron chi connectivity index (χ3n) is 2.55. The minimum absolute atomic E-state index is 0.120. The van der Waals surface area contributed by atoms with Gasteiger partial charge in [0.15, 0.2) is 0 Å². The molecule has 2 atom stereocenters. The summed E-state index contributed by atoms with van der Waals surface area (Å²) in [6, 6.07) is 4.52. The van der Waals surface area contributed by atoms with Gasteiger partial charge in [0, 0.05) is 6.04 Å². The van der Waals surface area contributed by atoms with Gasteiger partial charge in [0.05, 0.1) is 24.8 Å². The lowest BCUT2D eigenvalue weighted by atomic mass is 10.2. The highest BCUT2D eigenvalue weighted by atomic mass is 15.4. The fourth-order valence-electron chi connectivity index (χ4n) is 1.63. The molecule has 1 rings (SSSR count). The standard InChI is InChI=1S/C10H14N4/c1-9-3-6-13(7-4-11)10(2)14(9)8-5-12/h3,6,9-10H,7-8H2,1-2H3. The van der Waals surface area contributed by atoms with Gasteiger partial charge >= 0.3 is 0 Å². The van der Waals surface area contributed by atoms with Crippen LogP contribution >= 0.6 is 0 Å². The Labute approximate surface area is 84.6 Å². The van der Waals surface area contributed by atoms with Crippen molar-refractivity contribution in [3.05, 3.63) is 12.3 Å². The fraction of sp³-hybridized carbons (Fsp3) is 0.600. The molecule has 1 heterocycles. The van der Waals surface area contributed by atoms with Crippen molar-refractivity contribution in [2.45, 2.75) is 26.1 Å². The van der Waals surface area contributed by atoms with E-state index in [0.717, 1.165) is 0 Å². The molecule has 0 N–H and O–H groups in total. The summed E-state index contributed by atoms with van der Waals surface area (Å²) in [6.45, 7) is 4.82. The second-order valence-electron chi connectivity index (χ2n) is 3.37. The van der Waals surface area contributed by atoms with Gasteiger partial charge in [0.2, 0.25) is 0 Å². The van der Waals surface area contributed by atoms with E-state index >= 15 is 0 Å². The molecule has 0 amide bonds. The van der Waals surface area contributed by atoms with E-state index in [4.69, 9.17) is 10.5 Å². The Kier molecular flexibility index (Phi) is 3.50. The zero-order valence-corrected chi connectivity index (χ0v) is 8.51. The molecule has 0 aromatic carbocycles. The Morgan fingerprint density at radius 3 is 2.43 bits per heavy atom. The normalized spacial score (nSPS) is 27.0. The first-order valence-electron chi connectivity index (χ1n) is 4.64. The van der Waals surface area contributed by atoms with Gasteiger partial charge in [0.1, 0.15) is 6.54 Å². The smallest absolute Gasteiger partial charge is 0.106 e. The van der Waals surface area contributed by atoms with Gasteiger partial charge in [0.25, 0.3) is 0 Å². The first kappa shape index (κ1) is 10.6. The van der Waals surface area contributed by atoms with E-state index in [2.05, 4.69) is 17.0 Å². The summed E-state index contributed by atoms with van der Waals surface area (Å²) in [7, 11) is 0. The van der Waals surface area contributed by atoms with E-state index in [1.54, 1.807) is 0 Å². The second-order valence-corrected chi connectivity index (χ2v) is 3.37. The predicted molar refractivity (Wildman–Crippen MR) is 52.7 cm³/mol. The molecule has 0 spiro atoms. The van der Waals surface area contributed by atoms with Gasteiger partial charge in [-0.1, -0.05) is 6.08 Å². The monoisotopic (exact) mass is 190 g/mol. The van der Waals surface area contributed by atoms with Crippen LogP contribution in [0.3, 0.4) is 0 Å². The molecule has 0 aliphatic carbocycles. The lowest BCUT2D eigenvalue weighted by Gasteiger charge is -2.40. The quantitative estimate of drug-likeness (QED) is 0.607. The Bertz CT molecular complexity index is 296. The number of nitriles is 2. The fourth-order valence-corrected chi connectivity index (χ4v) is 1.63. The Hall–Kier alpha value is -1.52. The highest BCUT2D eigenvalue weighted by Gasteiger charge is 2.25. The highest BCUT2D eigenvalue weighted by molar-refractivity contribution is 5.03. The number of nitrogens with zero attached hydrogens (tertiary/aromatic N) is 4. The van der Waals surface area contributed by atoms with Crippen LogP contribution in [0.5, 0.6) is 0 Å². The summed E-state index contributed by atoms with van der Waals surface area (Å²) in [4.78, 5) is 3.98. The van der Waals surface area contributed by atoms with Gasteiger partial charge in [-0.15, -0.1) is 0 Å². The average Bonchev–Trinajstić information content (AvgIpc) is 2.17. The SMILES string of the molecule is CC1C=CN(CC#N)C(C)N1CC#N. The molecular weight excluding hydrogens is 176 g/mol. The molecule has 0 bridgehead atoms. The largest absolute Gasteiger partial charge is 0.349 e. The minimum Gasteiger partial charge on any atom is -0.349 e. The molecule has 0 aromatic heterocycles. The van der Waals surface area contributed by atoms with Crippen LogP contribution in [-0.4, -0.2) is 35.1 Å². The van der Waals surface area contributed by atoms with Crippen molar-refractivity contribution < 1.29 is 0 Å². The van der Waals surface area contributed by atoms with Crippen molar-refractivity contribution >= 4 is 0 Å². The van der Waals surface area contributed by atoms with E-state index in [1.807, 2.05) is 31.0 Å². The van der Waals surface area contributed by atoms with E-state index in [1.165, 1.54) is 0 Å². The molecule has 0 fully saturated rings. The number of hydrogen-bond donors (Lipinski definition) is 0. The lowest BCUT2D eigenvalue weighted by molar-refractivity contribution is 0.0774. The van der Waals surface area contributed by atoms with Gasteiger partial charge in [-0.3, -0.25) is 4.90 Å². The van der Waals surface area contributed by atoms with E-state index in [-0.39, 0.29) is 12.2 Å². The molecule has 1 aliphatic rings. The molecule has 2 unspecified atom stereocenters. The molecule has 0 saturated heterocycles. The van der Waals surface area contributed by atoms with Crippen LogP contribution in [0.4, 0.5) is 0 Å². The second kappa shape index (κ2) is 4.64. The van der Waals surface area contributed by atoms with Gasteiger partial charge in [-0.05, 0) is 20.0 Å². The average molecular weight is 190 g/mol. The predicted octanol–water partition coefficient (Wildman–Crippen LogP) is 0.899. The summed E-state index contributed by atoms with van der Waals surface area (Å²) in [5.74, 6) is 0. The van der Waals surface area contributed by atoms with Crippen LogP contribution in [0.15, 0.2) is 12.3 Å². The van der Waals surface area contributed by atoms with Crippen LogP contribution in [0, 0.1) is 22.7 Å². The molecule has 0 aromatic rings. The summed E-state index contributed by atoms with van der Waals surface area (Å²) < 4.78 is 0. The highest BCUT2D eigenvalue weighted by Crippen LogP contribution is 2.16. The van der Waals surface area contributed by atoms with Crippen LogP contribution in [0.2, 0.25) is 0 Å². The van der Waals surface area contributed by atoms with Crippen LogP contribution in [0.25, 0.3) is 0 Å². The zero-order chi connectivity index (χ0) is 10.6. The zero-order valence-electron chi connectivity index (χ0n) is 8.51. The molecule has 1 aliphatic heterocycles. The summed E-state index contributed by atoms with van der Waals surface area (Å²) in [5, 5.41) is 17.3. The maximum atomic E-state index is 8.67.